The van der Waals surface area contributed by atoms with Crippen LogP contribution in [-0.2, 0) is 4.79 Å². The highest BCUT2D eigenvalue weighted by atomic mass is 19.1. The average molecular weight is 424 g/mol. The van der Waals surface area contributed by atoms with Gasteiger partial charge in [0.15, 0.2) is 0 Å². The SMILES string of the molecule is O=C(CN1CCC(c2cncc(Nc3ccc(F)cn3)n2)CC1)Nc1ccccc1F. The van der Waals surface area contributed by atoms with Gasteiger partial charge in [-0.05, 0) is 50.2 Å². The molecule has 0 aliphatic carbocycles. The molecule has 1 aliphatic heterocycles. The minimum absolute atomic E-state index is 0.192. The minimum atomic E-state index is -0.447. The van der Waals surface area contributed by atoms with Crippen LogP contribution in [0.25, 0.3) is 0 Å². The molecule has 1 aliphatic rings. The van der Waals surface area contributed by atoms with Crippen LogP contribution in [0.15, 0.2) is 55.0 Å². The molecule has 0 bridgehead atoms. The lowest BCUT2D eigenvalue weighted by Crippen LogP contribution is -2.39. The second-order valence-electron chi connectivity index (χ2n) is 7.39. The molecule has 7 nitrogen and oxygen atoms in total. The summed E-state index contributed by atoms with van der Waals surface area (Å²) in [6.07, 6.45) is 6.14. The molecule has 0 unspecified atom stereocenters. The number of anilines is 3. The maximum Gasteiger partial charge on any atom is 0.238 e. The van der Waals surface area contributed by atoms with E-state index in [-0.39, 0.29) is 24.1 Å². The van der Waals surface area contributed by atoms with E-state index in [1.54, 1.807) is 30.6 Å². The summed E-state index contributed by atoms with van der Waals surface area (Å²) in [5, 5.41) is 5.65. The van der Waals surface area contributed by atoms with Crippen molar-refractivity contribution >= 4 is 23.2 Å². The highest BCUT2D eigenvalue weighted by Crippen LogP contribution is 2.27. The molecule has 0 radical (unpaired) electrons. The lowest BCUT2D eigenvalue weighted by atomic mass is 9.94. The number of nitrogens with zero attached hydrogens (tertiary/aromatic N) is 4. The summed E-state index contributed by atoms with van der Waals surface area (Å²) in [7, 11) is 0. The maximum absolute atomic E-state index is 13.7. The van der Waals surface area contributed by atoms with Crippen LogP contribution in [0.3, 0.4) is 0 Å². The van der Waals surface area contributed by atoms with E-state index < -0.39 is 11.6 Å². The normalized spacial score (nSPS) is 14.9. The van der Waals surface area contributed by atoms with E-state index in [2.05, 4.69) is 25.6 Å². The Morgan fingerprint density at radius 1 is 1.03 bits per heavy atom. The lowest BCUT2D eigenvalue weighted by molar-refractivity contribution is -0.117. The number of pyridine rings is 1. The van der Waals surface area contributed by atoms with Crippen molar-refractivity contribution < 1.29 is 13.6 Å². The van der Waals surface area contributed by atoms with E-state index >= 15 is 0 Å². The molecular formula is C22H22F2N6O. The van der Waals surface area contributed by atoms with Crippen molar-refractivity contribution in [2.24, 2.45) is 0 Å². The van der Waals surface area contributed by atoms with E-state index in [9.17, 15) is 13.6 Å². The number of halogens is 2. The first-order chi connectivity index (χ1) is 15.1. The summed E-state index contributed by atoms with van der Waals surface area (Å²) in [5.41, 5.74) is 1.06. The molecule has 1 saturated heterocycles. The van der Waals surface area contributed by atoms with Crippen molar-refractivity contribution in [1.82, 2.24) is 19.9 Å². The first kappa shape index (κ1) is 20.8. The third kappa shape index (κ3) is 5.58. The first-order valence-corrected chi connectivity index (χ1v) is 10.0. The molecule has 31 heavy (non-hydrogen) atoms. The van der Waals surface area contributed by atoms with E-state index in [0.29, 0.717) is 11.6 Å². The third-order valence-corrected chi connectivity index (χ3v) is 5.16. The summed E-state index contributed by atoms with van der Waals surface area (Å²) < 4.78 is 26.7. The number of para-hydroxylation sites is 1. The molecule has 1 aromatic carbocycles. The number of rotatable bonds is 6. The van der Waals surface area contributed by atoms with Gasteiger partial charge in [0.25, 0.3) is 0 Å². The molecule has 1 fully saturated rings. The Balaban J connectivity index is 1.30. The second kappa shape index (κ2) is 9.57. The third-order valence-electron chi connectivity index (χ3n) is 5.16. The molecule has 4 rings (SSSR count). The van der Waals surface area contributed by atoms with Crippen molar-refractivity contribution in [3.8, 4) is 0 Å². The zero-order valence-electron chi connectivity index (χ0n) is 16.8. The largest absolute Gasteiger partial charge is 0.324 e. The van der Waals surface area contributed by atoms with Gasteiger partial charge in [-0.3, -0.25) is 14.7 Å². The van der Waals surface area contributed by atoms with Gasteiger partial charge in [-0.1, -0.05) is 12.1 Å². The fourth-order valence-electron chi connectivity index (χ4n) is 3.56. The standard InChI is InChI=1S/C22H22F2N6O/c23-16-5-6-20(26-11-16)29-21-13-25-12-19(27-21)15-7-9-30(10-8-15)14-22(31)28-18-4-2-1-3-17(18)24/h1-6,11-13,15H,7-10,14H2,(H,28,31)(H,26,27,29). The van der Waals surface area contributed by atoms with Gasteiger partial charge in [-0.2, -0.15) is 0 Å². The van der Waals surface area contributed by atoms with Gasteiger partial charge in [0.05, 0.1) is 30.3 Å². The molecule has 3 aromatic rings. The van der Waals surface area contributed by atoms with Crippen LogP contribution in [0.5, 0.6) is 0 Å². The molecule has 3 heterocycles. The Bertz CT molecular complexity index is 1040. The summed E-state index contributed by atoms with van der Waals surface area (Å²) in [6, 6.07) is 8.98. The Labute approximate surface area is 178 Å². The minimum Gasteiger partial charge on any atom is -0.324 e. The summed E-state index contributed by atoms with van der Waals surface area (Å²) >= 11 is 0. The van der Waals surface area contributed by atoms with Crippen LogP contribution in [0, 0.1) is 11.6 Å². The van der Waals surface area contributed by atoms with E-state index in [1.165, 1.54) is 18.2 Å². The number of hydrogen-bond acceptors (Lipinski definition) is 6. The number of benzene rings is 1. The van der Waals surface area contributed by atoms with Crippen LogP contribution in [0.4, 0.5) is 26.1 Å². The molecule has 0 saturated carbocycles. The van der Waals surface area contributed by atoms with Crippen molar-refractivity contribution in [3.63, 3.8) is 0 Å². The maximum atomic E-state index is 13.7. The van der Waals surface area contributed by atoms with Crippen LogP contribution < -0.4 is 10.6 Å². The predicted octanol–water partition coefficient (Wildman–Crippen LogP) is 3.71. The van der Waals surface area contributed by atoms with Gasteiger partial charge in [0.1, 0.15) is 23.3 Å². The number of hydrogen-bond donors (Lipinski definition) is 2. The Morgan fingerprint density at radius 3 is 2.58 bits per heavy atom. The molecule has 9 heteroatoms. The van der Waals surface area contributed by atoms with E-state index in [0.717, 1.165) is 37.8 Å². The lowest BCUT2D eigenvalue weighted by Gasteiger charge is -2.31. The van der Waals surface area contributed by atoms with Gasteiger partial charge in [-0.15, -0.1) is 0 Å². The fourth-order valence-corrected chi connectivity index (χ4v) is 3.56. The number of carbonyl (C=O) groups is 1. The van der Waals surface area contributed by atoms with Crippen LogP contribution in [-0.4, -0.2) is 45.4 Å². The van der Waals surface area contributed by atoms with Crippen molar-refractivity contribution in [2.75, 3.05) is 30.3 Å². The average Bonchev–Trinajstić information content (AvgIpc) is 2.78. The highest BCUT2D eigenvalue weighted by molar-refractivity contribution is 5.92. The summed E-state index contributed by atoms with van der Waals surface area (Å²) in [4.78, 5) is 27.1. The summed E-state index contributed by atoms with van der Waals surface area (Å²) in [5.74, 6) is 0.173. The van der Waals surface area contributed by atoms with Crippen molar-refractivity contribution in [2.45, 2.75) is 18.8 Å². The number of amides is 1. The van der Waals surface area contributed by atoms with Crippen LogP contribution >= 0.6 is 0 Å². The first-order valence-electron chi connectivity index (χ1n) is 10.0. The monoisotopic (exact) mass is 424 g/mol. The number of carbonyl (C=O) groups excluding carboxylic acids is 1. The van der Waals surface area contributed by atoms with Gasteiger partial charge in [0, 0.05) is 12.1 Å². The molecule has 160 valence electrons. The highest BCUT2D eigenvalue weighted by Gasteiger charge is 2.23. The zero-order chi connectivity index (χ0) is 21.6. The van der Waals surface area contributed by atoms with E-state index in [1.807, 2.05) is 4.90 Å². The number of likely N-dealkylation sites (tertiary alicyclic amines) is 1. The molecule has 1 amide bonds. The molecule has 0 atom stereocenters. The molecular weight excluding hydrogens is 402 g/mol. The number of aromatic nitrogens is 3. The smallest absolute Gasteiger partial charge is 0.238 e. The van der Waals surface area contributed by atoms with Crippen molar-refractivity contribution in [1.29, 1.82) is 0 Å². The second-order valence-corrected chi connectivity index (χ2v) is 7.39. The Morgan fingerprint density at radius 2 is 1.84 bits per heavy atom. The quantitative estimate of drug-likeness (QED) is 0.628. The van der Waals surface area contributed by atoms with Gasteiger partial charge >= 0.3 is 0 Å². The van der Waals surface area contributed by atoms with Crippen molar-refractivity contribution in [3.05, 3.63) is 72.3 Å². The number of piperidine rings is 1. The Kier molecular flexibility index (Phi) is 6.42. The van der Waals surface area contributed by atoms with Gasteiger partial charge in [-0.25, -0.2) is 18.7 Å². The molecule has 2 aromatic heterocycles. The number of nitrogens with one attached hydrogen (secondary N) is 2. The fraction of sp³-hybridized carbons (Fsp3) is 0.273. The van der Waals surface area contributed by atoms with Crippen LogP contribution in [0.1, 0.15) is 24.5 Å². The predicted molar refractivity (Wildman–Crippen MR) is 113 cm³/mol. The van der Waals surface area contributed by atoms with E-state index in [4.69, 9.17) is 0 Å². The molecule has 0 spiro atoms. The Hall–Kier alpha value is -3.46. The van der Waals surface area contributed by atoms with Gasteiger partial charge < -0.3 is 10.6 Å². The zero-order valence-corrected chi connectivity index (χ0v) is 16.8. The topological polar surface area (TPSA) is 83.0 Å². The van der Waals surface area contributed by atoms with Gasteiger partial charge in [0.2, 0.25) is 5.91 Å². The summed E-state index contributed by atoms with van der Waals surface area (Å²) in [6.45, 7) is 1.67. The molecule has 2 N–H and O–H groups in total. The van der Waals surface area contributed by atoms with Crippen LogP contribution in [0.2, 0.25) is 0 Å².